The SMILES string of the molecule is C[C@H](Oc1ccccc1)C(=O)N1CCN(S(=O)(=O)c2ccccc2C#N)CC1. The Morgan fingerprint density at radius 1 is 1.04 bits per heavy atom. The van der Waals surface area contributed by atoms with E-state index in [1.165, 1.54) is 16.4 Å². The maximum absolute atomic E-state index is 12.9. The molecule has 28 heavy (non-hydrogen) atoms. The van der Waals surface area contributed by atoms with E-state index in [9.17, 15) is 18.5 Å². The third-order valence-corrected chi connectivity index (χ3v) is 6.54. The molecule has 2 aromatic rings. The first-order valence-corrected chi connectivity index (χ1v) is 10.4. The fourth-order valence-electron chi connectivity index (χ4n) is 3.08. The predicted octanol–water partition coefficient (Wildman–Crippen LogP) is 1.86. The van der Waals surface area contributed by atoms with Crippen LogP contribution >= 0.6 is 0 Å². The number of para-hydroxylation sites is 1. The number of rotatable bonds is 5. The molecule has 0 unspecified atom stereocenters. The Balaban J connectivity index is 1.64. The van der Waals surface area contributed by atoms with Crippen molar-refractivity contribution < 1.29 is 17.9 Å². The molecule has 1 aliphatic heterocycles. The molecule has 0 N–H and O–H groups in total. The van der Waals surface area contributed by atoms with Crippen molar-refractivity contribution >= 4 is 15.9 Å². The zero-order valence-electron chi connectivity index (χ0n) is 15.5. The van der Waals surface area contributed by atoms with Gasteiger partial charge in [-0.3, -0.25) is 4.79 Å². The van der Waals surface area contributed by atoms with Crippen LogP contribution in [0.25, 0.3) is 0 Å². The number of amides is 1. The highest BCUT2D eigenvalue weighted by Crippen LogP contribution is 2.21. The van der Waals surface area contributed by atoms with Gasteiger partial charge >= 0.3 is 0 Å². The van der Waals surface area contributed by atoms with Crippen molar-refractivity contribution in [3.63, 3.8) is 0 Å². The van der Waals surface area contributed by atoms with E-state index in [-0.39, 0.29) is 42.5 Å². The number of hydrogen-bond donors (Lipinski definition) is 0. The summed E-state index contributed by atoms with van der Waals surface area (Å²) in [6.45, 7) is 2.57. The van der Waals surface area contributed by atoms with Crippen LogP contribution in [0.4, 0.5) is 0 Å². The molecule has 1 saturated heterocycles. The Morgan fingerprint density at radius 3 is 2.29 bits per heavy atom. The molecule has 2 aromatic carbocycles. The molecular weight excluding hydrogens is 378 g/mol. The largest absolute Gasteiger partial charge is 0.481 e. The van der Waals surface area contributed by atoms with E-state index in [2.05, 4.69) is 0 Å². The molecule has 0 spiro atoms. The predicted molar refractivity (Wildman–Crippen MR) is 103 cm³/mol. The average Bonchev–Trinajstić information content (AvgIpc) is 2.74. The van der Waals surface area contributed by atoms with Crippen LogP contribution in [0.15, 0.2) is 59.5 Å². The van der Waals surface area contributed by atoms with Gasteiger partial charge in [-0.15, -0.1) is 0 Å². The van der Waals surface area contributed by atoms with Crippen LogP contribution in [0, 0.1) is 11.3 Å². The van der Waals surface area contributed by atoms with Crippen LogP contribution < -0.4 is 4.74 Å². The lowest BCUT2D eigenvalue weighted by atomic mass is 10.2. The Morgan fingerprint density at radius 2 is 1.64 bits per heavy atom. The zero-order valence-corrected chi connectivity index (χ0v) is 16.3. The van der Waals surface area contributed by atoms with Gasteiger partial charge in [0.1, 0.15) is 11.8 Å². The molecule has 0 saturated carbocycles. The highest BCUT2D eigenvalue weighted by Gasteiger charge is 2.33. The van der Waals surface area contributed by atoms with Gasteiger partial charge in [-0.25, -0.2) is 8.42 Å². The molecule has 1 fully saturated rings. The number of hydrogen-bond acceptors (Lipinski definition) is 5. The van der Waals surface area contributed by atoms with E-state index in [0.717, 1.165) is 0 Å². The zero-order chi connectivity index (χ0) is 20.1. The number of sulfonamides is 1. The van der Waals surface area contributed by atoms with Crippen molar-refractivity contribution in [3.8, 4) is 11.8 Å². The van der Waals surface area contributed by atoms with E-state index in [1.54, 1.807) is 36.1 Å². The van der Waals surface area contributed by atoms with Gasteiger partial charge in [0.2, 0.25) is 10.0 Å². The second-order valence-electron chi connectivity index (χ2n) is 6.41. The Hall–Kier alpha value is -2.89. The third kappa shape index (κ3) is 4.16. The molecule has 146 valence electrons. The number of nitrogens with zero attached hydrogens (tertiary/aromatic N) is 3. The van der Waals surface area contributed by atoms with E-state index in [4.69, 9.17) is 4.74 Å². The monoisotopic (exact) mass is 399 g/mol. The first kappa shape index (κ1) is 19.9. The van der Waals surface area contributed by atoms with Crippen molar-refractivity contribution in [2.24, 2.45) is 0 Å². The van der Waals surface area contributed by atoms with E-state index in [0.29, 0.717) is 5.75 Å². The standard InChI is InChI=1S/C20H21N3O4S/c1-16(27-18-8-3-2-4-9-18)20(24)22-11-13-23(14-12-22)28(25,26)19-10-6-5-7-17(19)15-21/h2-10,16H,11-14H2,1H3/t16-/m0/s1. The van der Waals surface area contributed by atoms with E-state index < -0.39 is 16.1 Å². The van der Waals surface area contributed by atoms with Crippen LogP contribution in [0.3, 0.4) is 0 Å². The van der Waals surface area contributed by atoms with Crippen molar-refractivity contribution in [3.05, 3.63) is 60.2 Å². The minimum Gasteiger partial charge on any atom is -0.481 e. The summed E-state index contributed by atoms with van der Waals surface area (Å²) in [7, 11) is -3.78. The Kier molecular flexibility index (Phi) is 5.97. The number of piperazine rings is 1. The molecule has 0 aromatic heterocycles. The van der Waals surface area contributed by atoms with Gasteiger partial charge in [0.25, 0.3) is 5.91 Å². The molecule has 8 heteroatoms. The summed E-state index contributed by atoms with van der Waals surface area (Å²) in [5.74, 6) is 0.427. The first-order chi connectivity index (χ1) is 13.4. The summed E-state index contributed by atoms with van der Waals surface area (Å²) < 4.78 is 32.7. The average molecular weight is 399 g/mol. The lowest BCUT2D eigenvalue weighted by molar-refractivity contribution is -0.139. The van der Waals surface area contributed by atoms with Gasteiger partial charge < -0.3 is 9.64 Å². The summed E-state index contributed by atoms with van der Waals surface area (Å²) in [5, 5.41) is 9.18. The normalized spacial score (nSPS) is 16.2. The number of carbonyl (C=O) groups is 1. The number of benzene rings is 2. The minimum atomic E-state index is -3.78. The number of carbonyl (C=O) groups excluding carboxylic acids is 1. The lowest BCUT2D eigenvalue weighted by Gasteiger charge is -2.35. The quantitative estimate of drug-likeness (QED) is 0.765. The molecule has 1 heterocycles. The van der Waals surface area contributed by atoms with Crippen LogP contribution in [-0.2, 0) is 14.8 Å². The fraction of sp³-hybridized carbons (Fsp3) is 0.300. The van der Waals surface area contributed by atoms with Crippen molar-refractivity contribution in [1.29, 1.82) is 5.26 Å². The van der Waals surface area contributed by atoms with Crippen molar-refractivity contribution in [1.82, 2.24) is 9.21 Å². The van der Waals surface area contributed by atoms with Gasteiger partial charge in [-0.05, 0) is 31.2 Å². The van der Waals surface area contributed by atoms with Crippen LogP contribution in [-0.4, -0.2) is 55.8 Å². The van der Waals surface area contributed by atoms with Crippen LogP contribution in [0.5, 0.6) is 5.75 Å². The van der Waals surface area contributed by atoms with Gasteiger partial charge in [-0.2, -0.15) is 9.57 Å². The van der Waals surface area contributed by atoms with Gasteiger partial charge in [0.15, 0.2) is 6.10 Å². The summed E-state index contributed by atoms with van der Waals surface area (Å²) >= 11 is 0. The first-order valence-electron chi connectivity index (χ1n) is 8.93. The molecule has 0 aliphatic carbocycles. The van der Waals surface area contributed by atoms with Gasteiger partial charge in [0, 0.05) is 26.2 Å². The summed E-state index contributed by atoms with van der Waals surface area (Å²) in [4.78, 5) is 14.2. The van der Waals surface area contributed by atoms with Crippen molar-refractivity contribution in [2.45, 2.75) is 17.9 Å². The highest BCUT2D eigenvalue weighted by atomic mass is 32.2. The minimum absolute atomic E-state index is 0.00180. The molecule has 1 aliphatic rings. The Bertz CT molecular complexity index is 978. The molecule has 1 atom stereocenters. The Labute approximate surface area is 164 Å². The smallest absolute Gasteiger partial charge is 0.263 e. The third-order valence-electron chi connectivity index (χ3n) is 4.58. The summed E-state index contributed by atoms with van der Waals surface area (Å²) in [6, 6.07) is 17.1. The molecule has 0 bridgehead atoms. The summed E-state index contributed by atoms with van der Waals surface area (Å²) in [6.07, 6.45) is -0.662. The lowest BCUT2D eigenvalue weighted by Crippen LogP contribution is -2.53. The maximum Gasteiger partial charge on any atom is 0.263 e. The second kappa shape index (κ2) is 8.42. The molecule has 1 amide bonds. The molecular formula is C20H21N3O4S. The number of nitriles is 1. The van der Waals surface area contributed by atoms with Gasteiger partial charge in [-0.1, -0.05) is 30.3 Å². The van der Waals surface area contributed by atoms with Crippen molar-refractivity contribution in [2.75, 3.05) is 26.2 Å². The molecule has 0 radical (unpaired) electrons. The maximum atomic E-state index is 12.9. The van der Waals surface area contributed by atoms with Gasteiger partial charge in [0.05, 0.1) is 10.5 Å². The topological polar surface area (TPSA) is 90.7 Å². The van der Waals surface area contributed by atoms with E-state index in [1.807, 2.05) is 24.3 Å². The van der Waals surface area contributed by atoms with E-state index >= 15 is 0 Å². The number of ether oxygens (including phenoxy) is 1. The molecule has 7 nitrogen and oxygen atoms in total. The second-order valence-corrected chi connectivity index (χ2v) is 8.32. The summed E-state index contributed by atoms with van der Waals surface area (Å²) in [5.41, 5.74) is 0.117. The highest BCUT2D eigenvalue weighted by molar-refractivity contribution is 7.89. The fourth-order valence-corrected chi connectivity index (χ4v) is 4.65. The van der Waals surface area contributed by atoms with Crippen LogP contribution in [0.1, 0.15) is 12.5 Å². The molecule has 3 rings (SSSR count). The van der Waals surface area contributed by atoms with Crippen LogP contribution in [0.2, 0.25) is 0 Å².